The van der Waals surface area contributed by atoms with E-state index < -0.39 is 0 Å². The van der Waals surface area contributed by atoms with Gasteiger partial charge < -0.3 is 9.47 Å². The van der Waals surface area contributed by atoms with Crippen LogP contribution in [0.25, 0.3) is 0 Å². The lowest BCUT2D eigenvalue weighted by molar-refractivity contribution is -0.156. The maximum absolute atomic E-state index is 11.9. The molecule has 0 aliphatic carbocycles. The van der Waals surface area contributed by atoms with Crippen LogP contribution in [0.15, 0.2) is 30.3 Å². The molecule has 1 aliphatic rings. The summed E-state index contributed by atoms with van der Waals surface area (Å²) in [5.41, 5.74) is 1.04. The van der Waals surface area contributed by atoms with Gasteiger partial charge in [-0.15, -0.1) is 0 Å². The molecule has 1 heterocycles. The molecule has 1 atom stereocenters. The molecular formula is C14H18O3. The molecule has 1 fully saturated rings. The second-order valence-electron chi connectivity index (χ2n) is 4.38. The molecule has 0 amide bonds. The molecular weight excluding hydrogens is 216 g/mol. The van der Waals surface area contributed by atoms with Crippen LogP contribution in [0.3, 0.4) is 0 Å². The lowest BCUT2D eigenvalue weighted by Crippen LogP contribution is -2.26. The molecule has 2 rings (SSSR count). The van der Waals surface area contributed by atoms with Crippen LogP contribution >= 0.6 is 0 Å². The highest BCUT2D eigenvalue weighted by Gasteiger charge is 2.24. The van der Waals surface area contributed by atoms with E-state index in [4.69, 9.17) is 9.47 Å². The highest BCUT2D eigenvalue weighted by atomic mass is 16.5. The normalized spacial score (nSPS) is 18.6. The molecule has 0 aromatic heterocycles. The molecule has 0 N–H and O–H groups in total. The summed E-state index contributed by atoms with van der Waals surface area (Å²) in [7, 11) is 0. The van der Waals surface area contributed by atoms with E-state index in [1.807, 2.05) is 37.3 Å². The van der Waals surface area contributed by atoms with E-state index in [1.165, 1.54) is 0 Å². The van der Waals surface area contributed by atoms with Gasteiger partial charge in [-0.25, -0.2) is 0 Å². The zero-order chi connectivity index (χ0) is 12.1. The summed E-state index contributed by atoms with van der Waals surface area (Å²) in [6.45, 7) is 3.24. The van der Waals surface area contributed by atoms with Crippen LogP contribution in [-0.2, 0) is 14.3 Å². The van der Waals surface area contributed by atoms with Crippen molar-refractivity contribution in [1.29, 1.82) is 0 Å². The Labute approximate surface area is 102 Å². The van der Waals surface area contributed by atoms with Gasteiger partial charge in [-0.2, -0.15) is 0 Å². The highest BCUT2D eigenvalue weighted by molar-refractivity contribution is 5.72. The Balaban J connectivity index is 1.89. The Kier molecular flexibility index (Phi) is 4.15. The van der Waals surface area contributed by atoms with Gasteiger partial charge in [0.15, 0.2) is 0 Å². The van der Waals surface area contributed by atoms with Crippen LogP contribution < -0.4 is 0 Å². The van der Waals surface area contributed by atoms with Crippen molar-refractivity contribution in [3.8, 4) is 0 Å². The molecule has 1 unspecified atom stereocenters. The van der Waals surface area contributed by atoms with Crippen molar-refractivity contribution in [2.75, 3.05) is 13.2 Å². The third-order valence-electron chi connectivity index (χ3n) is 3.12. The van der Waals surface area contributed by atoms with E-state index in [0.717, 1.165) is 18.4 Å². The number of carbonyl (C=O) groups is 1. The van der Waals surface area contributed by atoms with Crippen molar-refractivity contribution in [1.82, 2.24) is 0 Å². The van der Waals surface area contributed by atoms with Gasteiger partial charge in [0, 0.05) is 13.2 Å². The van der Waals surface area contributed by atoms with Gasteiger partial charge in [-0.05, 0) is 25.3 Å². The Morgan fingerprint density at radius 3 is 2.59 bits per heavy atom. The Morgan fingerprint density at radius 1 is 1.29 bits per heavy atom. The minimum absolute atomic E-state index is 0.00918. The van der Waals surface area contributed by atoms with Gasteiger partial charge in [-0.1, -0.05) is 30.3 Å². The van der Waals surface area contributed by atoms with E-state index >= 15 is 0 Å². The van der Waals surface area contributed by atoms with Crippen LogP contribution in [0.4, 0.5) is 0 Å². The summed E-state index contributed by atoms with van der Waals surface area (Å²) in [6.07, 6.45) is 1.38. The Hall–Kier alpha value is -1.35. The third kappa shape index (κ3) is 3.30. The van der Waals surface area contributed by atoms with E-state index in [2.05, 4.69) is 0 Å². The molecule has 1 saturated heterocycles. The maximum atomic E-state index is 11.9. The fraction of sp³-hybridized carbons (Fsp3) is 0.500. The van der Waals surface area contributed by atoms with Gasteiger partial charge in [0.1, 0.15) is 6.10 Å². The second-order valence-corrected chi connectivity index (χ2v) is 4.38. The number of ether oxygens (including phenoxy) is 2. The number of esters is 1. The average molecular weight is 234 g/mol. The summed E-state index contributed by atoms with van der Waals surface area (Å²) < 4.78 is 10.7. The van der Waals surface area contributed by atoms with Gasteiger partial charge in [0.2, 0.25) is 0 Å². The zero-order valence-electron chi connectivity index (χ0n) is 10.1. The third-order valence-corrected chi connectivity index (χ3v) is 3.12. The van der Waals surface area contributed by atoms with Crippen LogP contribution in [-0.4, -0.2) is 19.2 Å². The van der Waals surface area contributed by atoms with Crippen LogP contribution in [0.1, 0.15) is 31.4 Å². The van der Waals surface area contributed by atoms with Crippen molar-refractivity contribution in [2.45, 2.75) is 25.9 Å². The van der Waals surface area contributed by atoms with Gasteiger partial charge in [-0.3, -0.25) is 4.79 Å². The first-order valence-electron chi connectivity index (χ1n) is 6.10. The number of benzene rings is 1. The SMILES string of the molecule is CC(OC(=O)C1CCOCC1)c1ccccc1. The lowest BCUT2D eigenvalue weighted by Gasteiger charge is -2.22. The van der Waals surface area contributed by atoms with Crippen molar-refractivity contribution in [3.63, 3.8) is 0 Å². The van der Waals surface area contributed by atoms with Crippen molar-refractivity contribution < 1.29 is 14.3 Å². The molecule has 3 heteroatoms. The molecule has 17 heavy (non-hydrogen) atoms. The summed E-state index contributed by atoms with van der Waals surface area (Å²) in [4.78, 5) is 11.9. The topological polar surface area (TPSA) is 35.5 Å². The molecule has 92 valence electrons. The molecule has 1 aromatic carbocycles. The number of rotatable bonds is 3. The Bertz CT molecular complexity index is 355. The van der Waals surface area contributed by atoms with Crippen molar-refractivity contribution in [2.24, 2.45) is 5.92 Å². The van der Waals surface area contributed by atoms with Crippen molar-refractivity contribution in [3.05, 3.63) is 35.9 Å². The number of hydrogen-bond acceptors (Lipinski definition) is 3. The van der Waals surface area contributed by atoms with Gasteiger partial charge >= 0.3 is 5.97 Å². The Morgan fingerprint density at radius 2 is 1.94 bits per heavy atom. The first-order valence-corrected chi connectivity index (χ1v) is 6.10. The van der Waals surface area contributed by atoms with E-state index in [-0.39, 0.29) is 18.0 Å². The monoisotopic (exact) mass is 234 g/mol. The molecule has 0 saturated carbocycles. The minimum Gasteiger partial charge on any atom is -0.458 e. The maximum Gasteiger partial charge on any atom is 0.309 e. The number of hydrogen-bond donors (Lipinski definition) is 0. The molecule has 1 aliphatic heterocycles. The first-order chi connectivity index (χ1) is 8.27. The zero-order valence-corrected chi connectivity index (χ0v) is 10.1. The fourth-order valence-corrected chi connectivity index (χ4v) is 2.00. The average Bonchev–Trinajstić information content (AvgIpc) is 2.40. The van der Waals surface area contributed by atoms with Crippen LogP contribution in [0.5, 0.6) is 0 Å². The minimum atomic E-state index is -0.174. The predicted molar refractivity (Wildman–Crippen MR) is 64.5 cm³/mol. The summed E-state index contributed by atoms with van der Waals surface area (Å²) in [6, 6.07) is 9.81. The van der Waals surface area contributed by atoms with Crippen molar-refractivity contribution >= 4 is 5.97 Å². The first kappa shape index (κ1) is 12.1. The molecule has 1 aromatic rings. The van der Waals surface area contributed by atoms with E-state index in [9.17, 15) is 4.79 Å². The van der Waals surface area contributed by atoms with Crippen LogP contribution in [0.2, 0.25) is 0 Å². The smallest absolute Gasteiger partial charge is 0.309 e. The summed E-state index contributed by atoms with van der Waals surface area (Å²) >= 11 is 0. The molecule has 0 bridgehead atoms. The standard InChI is InChI=1S/C14H18O3/c1-11(12-5-3-2-4-6-12)17-14(15)13-7-9-16-10-8-13/h2-6,11,13H,7-10H2,1H3. The predicted octanol–water partition coefficient (Wildman–Crippen LogP) is 2.72. The summed E-state index contributed by atoms with van der Waals surface area (Å²) in [5, 5.41) is 0. The highest BCUT2D eigenvalue weighted by Crippen LogP contribution is 2.22. The van der Waals surface area contributed by atoms with Gasteiger partial charge in [0.25, 0.3) is 0 Å². The van der Waals surface area contributed by atoms with Gasteiger partial charge in [0.05, 0.1) is 5.92 Å². The molecule has 0 spiro atoms. The molecule has 3 nitrogen and oxygen atoms in total. The second kappa shape index (κ2) is 5.82. The summed E-state index contributed by atoms with van der Waals surface area (Å²) in [5.74, 6) is -0.0837. The van der Waals surface area contributed by atoms with E-state index in [1.54, 1.807) is 0 Å². The van der Waals surface area contributed by atoms with E-state index in [0.29, 0.717) is 13.2 Å². The number of carbonyl (C=O) groups excluding carboxylic acids is 1. The quantitative estimate of drug-likeness (QED) is 0.754. The van der Waals surface area contributed by atoms with Crippen LogP contribution in [0, 0.1) is 5.92 Å². The lowest BCUT2D eigenvalue weighted by atomic mass is 10.0. The molecule has 0 radical (unpaired) electrons. The largest absolute Gasteiger partial charge is 0.458 e. The fourth-order valence-electron chi connectivity index (χ4n) is 2.00.